The first-order valence-corrected chi connectivity index (χ1v) is 9.11. The number of rotatable bonds is 4. The van der Waals surface area contributed by atoms with Gasteiger partial charge in [0.05, 0.1) is 0 Å². The van der Waals surface area contributed by atoms with Crippen LogP contribution >= 0.6 is 0 Å². The van der Waals surface area contributed by atoms with E-state index in [1.165, 1.54) is 11.6 Å². The van der Waals surface area contributed by atoms with Crippen molar-refractivity contribution in [2.75, 3.05) is 18.6 Å². The highest BCUT2D eigenvalue weighted by atomic mass is 16.5. The number of carbonyl (C=O) groups excluding carboxylic acids is 1. The number of fused-ring (bicyclic) bond motifs is 2. The van der Waals surface area contributed by atoms with Gasteiger partial charge >= 0.3 is 5.63 Å². The summed E-state index contributed by atoms with van der Waals surface area (Å²) in [5, 5.41) is 0.799. The Hall–Kier alpha value is -3.34. The smallest absolute Gasteiger partial charge is 0.336 e. The molecule has 142 valence electrons. The second kappa shape index (κ2) is 6.68. The molecule has 0 atom stereocenters. The van der Waals surface area contributed by atoms with Crippen molar-refractivity contribution in [3.63, 3.8) is 0 Å². The molecule has 3 aromatic rings. The predicted molar refractivity (Wildman–Crippen MR) is 109 cm³/mol. The Kier molecular flexibility index (Phi) is 4.30. The van der Waals surface area contributed by atoms with Gasteiger partial charge in [0.1, 0.15) is 11.3 Å². The van der Waals surface area contributed by atoms with Crippen LogP contribution in [0.5, 0.6) is 5.75 Å². The molecule has 1 aromatic heterocycles. The minimum atomic E-state index is -0.420. The number of allylic oxidation sites excluding steroid dienone is 1. The first-order valence-electron chi connectivity index (χ1n) is 9.11. The Morgan fingerprint density at radius 1 is 1.14 bits per heavy atom. The van der Waals surface area contributed by atoms with Gasteiger partial charge < -0.3 is 14.1 Å². The molecule has 1 aliphatic rings. The molecule has 0 spiro atoms. The van der Waals surface area contributed by atoms with Gasteiger partial charge in [0.25, 0.3) is 0 Å². The molecule has 0 saturated carbocycles. The normalized spacial score (nSPS) is 16.4. The number of benzene rings is 2. The van der Waals surface area contributed by atoms with Crippen molar-refractivity contribution >= 4 is 22.4 Å². The van der Waals surface area contributed by atoms with Gasteiger partial charge in [-0.1, -0.05) is 32.0 Å². The summed E-state index contributed by atoms with van der Waals surface area (Å²) in [6.07, 6.45) is 1.65. The Morgan fingerprint density at radius 2 is 1.89 bits per heavy atom. The maximum atomic E-state index is 12.6. The molecule has 2 heterocycles. The highest BCUT2D eigenvalue weighted by Crippen LogP contribution is 2.46. The first kappa shape index (κ1) is 18.0. The van der Waals surface area contributed by atoms with Crippen molar-refractivity contribution < 1.29 is 13.9 Å². The zero-order chi connectivity index (χ0) is 19.9. The summed E-state index contributed by atoms with van der Waals surface area (Å²) >= 11 is 0. The molecule has 0 bridgehead atoms. The molecule has 0 amide bonds. The maximum absolute atomic E-state index is 12.6. The van der Waals surface area contributed by atoms with E-state index in [4.69, 9.17) is 9.15 Å². The molecule has 0 unspecified atom stereocenters. The van der Waals surface area contributed by atoms with Crippen LogP contribution in [0.4, 0.5) is 5.69 Å². The van der Waals surface area contributed by atoms with E-state index in [1.54, 1.807) is 30.3 Å². The second-order valence-corrected chi connectivity index (χ2v) is 7.44. The quantitative estimate of drug-likeness (QED) is 0.509. The lowest BCUT2D eigenvalue weighted by atomic mass is 9.83. The summed E-state index contributed by atoms with van der Waals surface area (Å²) in [5.41, 5.74) is 3.00. The van der Waals surface area contributed by atoms with Crippen LogP contribution in [0.1, 0.15) is 19.4 Å². The van der Waals surface area contributed by atoms with Gasteiger partial charge in [0, 0.05) is 47.4 Å². The fourth-order valence-corrected chi connectivity index (χ4v) is 3.74. The van der Waals surface area contributed by atoms with Crippen LogP contribution in [-0.2, 0) is 10.2 Å². The Morgan fingerprint density at radius 3 is 2.68 bits per heavy atom. The number of ether oxygens (including phenoxy) is 1. The number of likely N-dealkylation sites (N-methyl/N-ethyl adjacent to an activating group) is 1. The van der Waals surface area contributed by atoms with Crippen molar-refractivity contribution in [3.05, 3.63) is 82.4 Å². The van der Waals surface area contributed by atoms with E-state index in [-0.39, 0.29) is 17.8 Å². The van der Waals surface area contributed by atoms with Crippen molar-refractivity contribution in [2.24, 2.45) is 0 Å². The molecule has 4 rings (SSSR count). The lowest BCUT2D eigenvalue weighted by Crippen LogP contribution is -2.25. The first-order chi connectivity index (χ1) is 13.4. The molecule has 1 aliphatic heterocycles. The van der Waals surface area contributed by atoms with E-state index >= 15 is 0 Å². The molecule has 0 N–H and O–H groups in total. The van der Waals surface area contributed by atoms with Gasteiger partial charge in [0.2, 0.25) is 0 Å². The third-order valence-corrected chi connectivity index (χ3v) is 5.21. The van der Waals surface area contributed by atoms with Crippen molar-refractivity contribution in [1.82, 2.24) is 0 Å². The molecule has 0 saturated heterocycles. The number of hydrogen-bond donors (Lipinski definition) is 0. The molecule has 2 aromatic carbocycles. The van der Waals surface area contributed by atoms with Crippen LogP contribution in [0.2, 0.25) is 0 Å². The molecule has 0 radical (unpaired) electrons. The fourth-order valence-electron chi connectivity index (χ4n) is 3.74. The molecule has 5 nitrogen and oxygen atoms in total. The molecule has 0 aliphatic carbocycles. The van der Waals surface area contributed by atoms with Gasteiger partial charge in [-0.15, -0.1) is 0 Å². The average Bonchev–Trinajstić information content (AvgIpc) is 2.87. The minimum Gasteiger partial charge on any atom is -0.485 e. The fraction of sp³-hybridized carbons (Fsp3) is 0.217. The number of carbonyl (C=O) groups is 1. The minimum absolute atomic E-state index is 0.0909. The lowest BCUT2D eigenvalue weighted by molar-refractivity contribution is -0.116. The monoisotopic (exact) mass is 375 g/mol. The number of hydrogen-bond acceptors (Lipinski definition) is 5. The number of nitrogens with zero attached hydrogens (tertiary/aromatic N) is 1. The Balaban J connectivity index is 1.53. The van der Waals surface area contributed by atoms with E-state index in [1.807, 2.05) is 19.2 Å². The predicted octanol–water partition coefficient (Wildman–Crippen LogP) is 4.05. The van der Waals surface area contributed by atoms with Crippen LogP contribution in [0, 0.1) is 0 Å². The van der Waals surface area contributed by atoms with Crippen LogP contribution in [0.3, 0.4) is 0 Å². The van der Waals surface area contributed by atoms with Crippen LogP contribution in [-0.4, -0.2) is 19.4 Å². The van der Waals surface area contributed by atoms with E-state index in [0.717, 1.165) is 16.8 Å². The van der Waals surface area contributed by atoms with E-state index in [0.29, 0.717) is 11.3 Å². The Bertz CT molecular complexity index is 1160. The summed E-state index contributed by atoms with van der Waals surface area (Å²) in [7, 11) is 1.97. The third-order valence-electron chi connectivity index (χ3n) is 5.21. The summed E-state index contributed by atoms with van der Waals surface area (Å²) in [5.74, 6) is 0.355. The molecular formula is C23H21NO4. The van der Waals surface area contributed by atoms with Crippen molar-refractivity contribution in [2.45, 2.75) is 19.3 Å². The zero-order valence-corrected chi connectivity index (χ0v) is 16.1. The van der Waals surface area contributed by atoms with Gasteiger partial charge in [-0.25, -0.2) is 4.79 Å². The number of anilines is 1. The maximum Gasteiger partial charge on any atom is 0.336 e. The summed E-state index contributed by atoms with van der Waals surface area (Å²) in [6.45, 7) is 4.13. The van der Waals surface area contributed by atoms with Crippen LogP contribution in [0.15, 0.2) is 75.6 Å². The van der Waals surface area contributed by atoms with Crippen LogP contribution < -0.4 is 15.3 Å². The summed E-state index contributed by atoms with van der Waals surface area (Å²) < 4.78 is 10.8. The Labute approximate surface area is 162 Å². The summed E-state index contributed by atoms with van der Waals surface area (Å²) in [6, 6.07) is 16.4. The molecule has 5 heteroatoms. The molecule has 0 fully saturated rings. The van der Waals surface area contributed by atoms with Crippen molar-refractivity contribution in [1.29, 1.82) is 0 Å². The number of para-hydroxylation sites is 1. The highest BCUT2D eigenvalue weighted by Gasteiger charge is 2.38. The van der Waals surface area contributed by atoms with E-state index in [9.17, 15) is 9.59 Å². The second-order valence-electron chi connectivity index (χ2n) is 7.44. The van der Waals surface area contributed by atoms with Crippen molar-refractivity contribution in [3.8, 4) is 5.75 Å². The number of ketones is 1. The van der Waals surface area contributed by atoms with E-state index < -0.39 is 5.63 Å². The standard InChI is InChI=1S/C23H21NO4/c1-23(2)18-6-4-5-7-19(18)24(3)21(23)12-16(25)14-27-17-10-8-15-9-11-22(26)28-20(15)13-17/h4-13H,14H2,1-3H3. The van der Waals surface area contributed by atoms with Gasteiger partial charge in [-0.05, 0) is 29.8 Å². The van der Waals surface area contributed by atoms with Gasteiger partial charge in [0.15, 0.2) is 12.4 Å². The SMILES string of the molecule is CN1C(=CC(=O)COc2ccc3ccc(=O)oc3c2)C(C)(C)c2ccccc21. The molecule has 28 heavy (non-hydrogen) atoms. The topological polar surface area (TPSA) is 59.8 Å². The lowest BCUT2D eigenvalue weighted by Gasteiger charge is -2.23. The van der Waals surface area contributed by atoms with E-state index in [2.05, 4.69) is 30.9 Å². The molecular weight excluding hydrogens is 354 g/mol. The largest absolute Gasteiger partial charge is 0.485 e. The van der Waals surface area contributed by atoms with Crippen LogP contribution in [0.25, 0.3) is 11.0 Å². The average molecular weight is 375 g/mol. The highest BCUT2D eigenvalue weighted by molar-refractivity contribution is 5.93. The van der Waals surface area contributed by atoms with Gasteiger partial charge in [-0.3, -0.25) is 4.79 Å². The third kappa shape index (κ3) is 3.09. The zero-order valence-electron chi connectivity index (χ0n) is 16.1. The van der Waals surface area contributed by atoms with Gasteiger partial charge in [-0.2, -0.15) is 0 Å². The summed E-state index contributed by atoms with van der Waals surface area (Å²) in [4.78, 5) is 26.0.